The maximum Gasteiger partial charge on any atom is 0.170 e. The van der Waals surface area contributed by atoms with Crippen molar-refractivity contribution in [2.24, 2.45) is 0 Å². The van der Waals surface area contributed by atoms with Gasteiger partial charge in [0, 0.05) is 18.6 Å². The summed E-state index contributed by atoms with van der Waals surface area (Å²) >= 11 is 0. The average molecular weight is 356 g/mol. The number of hydrogen-bond donors (Lipinski definition) is 3. The predicted octanol–water partition coefficient (Wildman–Crippen LogP) is 5.35. The Hall–Kier alpha value is -2.49. The fourth-order valence-electron chi connectivity index (χ4n) is 3.15. The van der Waals surface area contributed by atoms with Crippen LogP contribution in [0.4, 0.5) is 0 Å². The van der Waals surface area contributed by atoms with Gasteiger partial charge in [0.05, 0.1) is 0 Å². The number of hydrogen-bond acceptors (Lipinski definition) is 4. The summed E-state index contributed by atoms with van der Waals surface area (Å²) in [7, 11) is 0. The Balaban J connectivity index is 1.55. The number of phenols is 3. The van der Waals surface area contributed by atoms with Crippen LogP contribution in [0.3, 0.4) is 0 Å². The second-order valence-electron chi connectivity index (χ2n) is 6.74. The number of benzene rings is 2. The Labute approximate surface area is 155 Å². The SMILES string of the molecule is O=C(CCCCCCCCCc1ccccc1)c1c(O)cc(O)cc1O. The van der Waals surface area contributed by atoms with E-state index in [1.807, 2.05) is 6.07 Å². The maximum atomic E-state index is 12.1. The molecule has 0 aliphatic heterocycles. The van der Waals surface area contributed by atoms with Gasteiger partial charge in [0.1, 0.15) is 22.8 Å². The molecule has 0 aromatic heterocycles. The van der Waals surface area contributed by atoms with Crippen molar-refractivity contribution in [3.8, 4) is 17.2 Å². The molecule has 4 nitrogen and oxygen atoms in total. The van der Waals surface area contributed by atoms with Gasteiger partial charge in [-0.05, 0) is 24.8 Å². The summed E-state index contributed by atoms with van der Waals surface area (Å²) in [6.45, 7) is 0. The Morgan fingerprint density at radius 3 is 1.88 bits per heavy atom. The van der Waals surface area contributed by atoms with Crippen molar-refractivity contribution in [2.75, 3.05) is 0 Å². The molecule has 26 heavy (non-hydrogen) atoms. The molecule has 2 rings (SSSR count). The molecular weight excluding hydrogens is 328 g/mol. The van der Waals surface area contributed by atoms with Gasteiger partial charge in [-0.1, -0.05) is 62.4 Å². The molecule has 140 valence electrons. The molecule has 0 amide bonds. The van der Waals surface area contributed by atoms with E-state index in [9.17, 15) is 20.1 Å². The van der Waals surface area contributed by atoms with E-state index in [0.717, 1.165) is 37.8 Å². The van der Waals surface area contributed by atoms with Crippen molar-refractivity contribution >= 4 is 5.78 Å². The molecule has 0 radical (unpaired) electrons. The lowest BCUT2D eigenvalue weighted by atomic mass is 10.0. The van der Waals surface area contributed by atoms with Gasteiger partial charge in [-0.3, -0.25) is 4.79 Å². The summed E-state index contributed by atoms with van der Waals surface area (Å²) < 4.78 is 0. The van der Waals surface area contributed by atoms with E-state index in [1.54, 1.807) is 0 Å². The van der Waals surface area contributed by atoms with Crippen LogP contribution in [-0.2, 0) is 6.42 Å². The van der Waals surface area contributed by atoms with Crippen LogP contribution in [0.5, 0.6) is 17.2 Å². The molecule has 0 aliphatic rings. The first-order valence-corrected chi connectivity index (χ1v) is 9.40. The van der Waals surface area contributed by atoms with Gasteiger partial charge in [0.25, 0.3) is 0 Å². The topological polar surface area (TPSA) is 77.8 Å². The molecule has 2 aromatic rings. The van der Waals surface area contributed by atoms with Gasteiger partial charge >= 0.3 is 0 Å². The number of ketones is 1. The third kappa shape index (κ3) is 6.43. The van der Waals surface area contributed by atoms with E-state index in [2.05, 4.69) is 24.3 Å². The van der Waals surface area contributed by atoms with Crippen molar-refractivity contribution in [3.63, 3.8) is 0 Å². The number of Topliss-reactive ketones (excluding diaryl/α,β-unsaturated/α-hetero) is 1. The maximum absolute atomic E-state index is 12.1. The Kier molecular flexibility index (Phi) is 8.00. The average Bonchev–Trinajstić information content (AvgIpc) is 2.60. The van der Waals surface area contributed by atoms with Crippen LogP contribution in [0.25, 0.3) is 0 Å². The molecular formula is C22H28O4. The summed E-state index contributed by atoms with van der Waals surface area (Å²) in [6, 6.07) is 12.7. The van der Waals surface area contributed by atoms with Crippen molar-refractivity contribution < 1.29 is 20.1 Å². The van der Waals surface area contributed by atoms with E-state index in [0.29, 0.717) is 6.42 Å². The number of rotatable bonds is 11. The van der Waals surface area contributed by atoms with Crippen LogP contribution < -0.4 is 0 Å². The predicted molar refractivity (Wildman–Crippen MR) is 103 cm³/mol. The monoisotopic (exact) mass is 356 g/mol. The molecule has 4 heteroatoms. The van der Waals surface area contributed by atoms with Gasteiger partial charge in [-0.25, -0.2) is 0 Å². The number of phenolic OH excluding ortho intramolecular Hbond substituents is 3. The normalized spacial score (nSPS) is 10.8. The second-order valence-corrected chi connectivity index (χ2v) is 6.74. The minimum atomic E-state index is -0.370. The van der Waals surface area contributed by atoms with Crippen LogP contribution in [0.1, 0.15) is 67.3 Å². The number of unbranched alkanes of at least 4 members (excludes halogenated alkanes) is 6. The highest BCUT2D eigenvalue weighted by molar-refractivity contribution is 6.01. The first kappa shape index (κ1) is 19.8. The molecule has 0 bridgehead atoms. The summed E-state index contributed by atoms with van der Waals surface area (Å²) in [6.07, 6.45) is 9.03. The highest BCUT2D eigenvalue weighted by Crippen LogP contribution is 2.33. The highest BCUT2D eigenvalue weighted by Gasteiger charge is 2.17. The number of carbonyl (C=O) groups excluding carboxylic acids is 1. The Morgan fingerprint density at radius 2 is 1.27 bits per heavy atom. The van der Waals surface area contributed by atoms with E-state index in [1.165, 1.54) is 31.2 Å². The molecule has 0 fully saturated rings. The first-order valence-electron chi connectivity index (χ1n) is 9.40. The first-order chi connectivity index (χ1) is 12.6. The minimum Gasteiger partial charge on any atom is -0.508 e. The molecule has 0 saturated heterocycles. The molecule has 0 heterocycles. The zero-order valence-electron chi connectivity index (χ0n) is 15.2. The van der Waals surface area contributed by atoms with E-state index >= 15 is 0 Å². The third-order valence-electron chi connectivity index (χ3n) is 4.57. The van der Waals surface area contributed by atoms with Gasteiger partial charge < -0.3 is 15.3 Å². The van der Waals surface area contributed by atoms with Gasteiger partial charge in [0.2, 0.25) is 0 Å². The van der Waals surface area contributed by atoms with E-state index < -0.39 is 0 Å². The molecule has 0 spiro atoms. The Morgan fingerprint density at radius 1 is 0.731 bits per heavy atom. The van der Waals surface area contributed by atoms with Crippen LogP contribution in [0.2, 0.25) is 0 Å². The van der Waals surface area contributed by atoms with E-state index in [4.69, 9.17) is 0 Å². The van der Waals surface area contributed by atoms with E-state index in [-0.39, 0.29) is 28.6 Å². The fraction of sp³-hybridized carbons (Fsp3) is 0.409. The fourth-order valence-corrected chi connectivity index (χ4v) is 3.15. The summed E-state index contributed by atoms with van der Waals surface area (Å²) in [4.78, 5) is 12.1. The number of aromatic hydroxyl groups is 3. The molecule has 0 aliphatic carbocycles. The van der Waals surface area contributed by atoms with Crippen molar-refractivity contribution in [1.82, 2.24) is 0 Å². The standard InChI is InChI=1S/C22H28O4/c23-18-15-20(25)22(21(26)16-18)19(24)14-10-5-3-1-2-4-7-11-17-12-8-6-9-13-17/h6,8-9,12-13,15-16,23,25-26H,1-5,7,10-11,14H2. The van der Waals surface area contributed by atoms with Gasteiger partial charge in [0.15, 0.2) is 5.78 Å². The molecule has 3 N–H and O–H groups in total. The van der Waals surface area contributed by atoms with Crippen LogP contribution in [0.15, 0.2) is 42.5 Å². The second kappa shape index (κ2) is 10.5. The molecule has 0 saturated carbocycles. The van der Waals surface area contributed by atoms with Crippen LogP contribution in [0, 0.1) is 0 Å². The van der Waals surface area contributed by atoms with Crippen molar-refractivity contribution in [1.29, 1.82) is 0 Å². The zero-order valence-corrected chi connectivity index (χ0v) is 15.2. The van der Waals surface area contributed by atoms with Gasteiger partial charge in [-0.15, -0.1) is 0 Å². The summed E-state index contributed by atoms with van der Waals surface area (Å²) in [5.41, 5.74) is 1.30. The lowest BCUT2D eigenvalue weighted by molar-refractivity contribution is 0.0973. The third-order valence-corrected chi connectivity index (χ3v) is 4.57. The van der Waals surface area contributed by atoms with Gasteiger partial charge in [-0.2, -0.15) is 0 Å². The van der Waals surface area contributed by atoms with Crippen molar-refractivity contribution in [2.45, 2.75) is 57.8 Å². The molecule has 2 aromatic carbocycles. The molecule has 0 atom stereocenters. The number of aryl methyl sites for hydroxylation is 1. The highest BCUT2D eigenvalue weighted by atomic mass is 16.3. The quantitative estimate of drug-likeness (QED) is 0.375. The summed E-state index contributed by atoms with van der Waals surface area (Å²) in [5.74, 6) is -1.29. The summed E-state index contributed by atoms with van der Waals surface area (Å²) in [5, 5.41) is 28.7. The van der Waals surface area contributed by atoms with Crippen molar-refractivity contribution in [3.05, 3.63) is 53.6 Å². The smallest absolute Gasteiger partial charge is 0.170 e. The van der Waals surface area contributed by atoms with Crippen LogP contribution >= 0.6 is 0 Å². The minimum absolute atomic E-state index is 0.0938. The molecule has 0 unspecified atom stereocenters. The van der Waals surface area contributed by atoms with Crippen LogP contribution in [-0.4, -0.2) is 21.1 Å². The lowest BCUT2D eigenvalue weighted by Crippen LogP contribution is -2.00. The Bertz CT molecular complexity index is 672. The number of carbonyl (C=O) groups is 1. The largest absolute Gasteiger partial charge is 0.508 e. The zero-order chi connectivity index (χ0) is 18.8. The lowest BCUT2D eigenvalue weighted by Gasteiger charge is -2.07.